The van der Waals surface area contributed by atoms with Crippen molar-refractivity contribution in [1.82, 2.24) is 25.6 Å². The third-order valence-corrected chi connectivity index (χ3v) is 5.35. The van der Waals surface area contributed by atoms with Crippen molar-refractivity contribution in [1.29, 1.82) is 0 Å². The van der Waals surface area contributed by atoms with E-state index in [1.165, 1.54) is 0 Å². The molecular weight excluding hydrogens is 450 g/mol. The number of ether oxygens (including phenoxy) is 1. The number of nitrogens with one attached hydrogen (secondary N) is 2. The van der Waals surface area contributed by atoms with Crippen LogP contribution in [-0.2, 0) is 4.74 Å². The first-order chi connectivity index (χ1) is 14.4. The van der Waals surface area contributed by atoms with Crippen LogP contribution in [0.2, 0.25) is 0 Å². The minimum Gasteiger partial charge on any atom is -0.450 e. The van der Waals surface area contributed by atoms with Gasteiger partial charge in [0.1, 0.15) is 0 Å². The summed E-state index contributed by atoms with van der Waals surface area (Å²) in [7, 11) is 0. The Balaban J connectivity index is 1.73. The maximum atomic E-state index is 12.9. The van der Waals surface area contributed by atoms with Gasteiger partial charge in [-0.25, -0.2) is 9.48 Å². The fraction of sp³-hybridized carbons (Fsp3) is 0.524. The first kappa shape index (κ1) is 22.3. The molecule has 0 bridgehead atoms. The van der Waals surface area contributed by atoms with E-state index in [9.17, 15) is 9.59 Å². The van der Waals surface area contributed by atoms with Crippen molar-refractivity contribution in [2.45, 2.75) is 52.0 Å². The molecule has 1 aromatic heterocycles. The number of benzene rings is 1. The fourth-order valence-corrected chi connectivity index (χ4v) is 3.61. The second kappa shape index (κ2) is 10.1. The molecule has 1 heterocycles. The molecule has 3 rings (SSSR count). The number of aromatic nitrogens is 3. The zero-order valence-corrected chi connectivity index (χ0v) is 19.1. The lowest BCUT2D eigenvalue weighted by molar-refractivity contribution is 0.0938. The van der Waals surface area contributed by atoms with Crippen molar-refractivity contribution in [2.75, 3.05) is 13.2 Å². The van der Waals surface area contributed by atoms with Crippen LogP contribution in [-0.4, -0.2) is 46.2 Å². The van der Waals surface area contributed by atoms with Gasteiger partial charge in [-0.3, -0.25) is 4.79 Å². The molecule has 1 saturated carbocycles. The van der Waals surface area contributed by atoms with Gasteiger partial charge < -0.3 is 15.4 Å². The first-order valence-corrected chi connectivity index (χ1v) is 11.1. The molecule has 2 aromatic rings. The van der Waals surface area contributed by atoms with Crippen LogP contribution in [0.15, 0.2) is 28.7 Å². The van der Waals surface area contributed by atoms with E-state index in [0.29, 0.717) is 24.8 Å². The summed E-state index contributed by atoms with van der Waals surface area (Å²) in [5, 5.41) is 14.2. The normalized spacial score (nSPS) is 14.4. The van der Waals surface area contributed by atoms with Crippen molar-refractivity contribution in [3.05, 3.63) is 40.1 Å². The number of carbonyl (C=O) groups is 2. The number of alkyl carbamates (subject to hydrolysis) is 1. The second-order valence-corrected chi connectivity index (χ2v) is 8.80. The quantitative estimate of drug-likeness (QED) is 0.572. The molecule has 1 aliphatic carbocycles. The third kappa shape index (κ3) is 5.81. The summed E-state index contributed by atoms with van der Waals surface area (Å²) in [4.78, 5) is 24.7. The lowest BCUT2D eigenvalue weighted by Crippen LogP contribution is -2.44. The van der Waals surface area contributed by atoms with Crippen LogP contribution in [0.4, 0.5) is 4.79 Å². The van der Waals surface area contributed by atoms with Crippen molar-refractivity contribution in [3.63, 3.8) is 0 Å². The highest BCUT2D eigenvalue weighted by Gasteiger charge is 2.34. The molecule has 8 nitrogen and oxygen atoms in total. The van der Waals surface area contributed by atoms with E-state index in [1.807, 2.05) is 24.3 Å². The molecule has 2 amide bonds. The molecule has 1 unspecified atom stereocenters. The van der Waals surface area contributed by atoms with Gasteiger partial charge >= 0.3 is 6.09 Å². The molecule has 0 radical (unpaired) electrons. The van der Waals surface area contributed by atoms with E-state index in [4.69, 9.17) is 4.74 Å². The average molecular weight is 478 g/mol. The van der Waals surface area contributed by atoms with Crippen LogP contribution in [0.5, 0.6) is 0 Å². The highest BCUT2D eigenvalue weighted by Crippen LogP contribution is 2.42. The Hall–Kier alpha value is -2.42. The van der Waals surface area contributed by atoms with Crippen molar-refractivity contribution < 1.29 is 14.3 Å². The average Bonchev–Trinajstić information content (AvgIpc) is 3.44. The molecule has 30 heavy (non-hydrogen) atoms. The summed E-state index contributed by atoms with van der Waals surface area (Å²) in [5.74, 6) is 0.363. The molecule has 2 N–H and O–H groups in total. The van der Waals surface area contributed by atoms with Crippen LogP contribution >= 0.6 is 15.9 Å². The maximum absolute atomic E-state index is 12.9. The monoisotopic (exact) mass is 477 g/mol. The van der Waals surface area contributed by atoms with Gasteiger partial charge in [0.05, 0.1) is 18.0 Å². The molecule has 1 aromatic carbocycles. The number of hydrogen-bond acceptors (Lipinski definition) is 5. The molecule has 0 saturated heterocycles. The summed E-state index contributed by atoms with van der Waals surface area (Å²) in [6, 6.07) is 7.53. The van der Waals surface area contributed by atoms with E-state index in [2.05, 4.69) is 50.7 Å². The molecule has 0 spiro atoms. The molecule has 1 aliphatic rings. The van der Waals surface area contributed by atoms with E-state index in [0.717, 1.165) is 35.1 Å². The van der Waals surface area contributed by atoms with Gasteiger partial charge in [0.2, 0.25) is 0 Å². The smallest absolute Gasteiger partial charge is 0.407 e. The first-order valence-electron chi connectivity index (χ1n) is 10.3. The summed E-state index contributed by atoms with van der Waals surface area (Å²) >= 11 is 3.44. The Morgan fingerprint density at radius 3 is 2.57 bits per heavy atom. The van der Waals surface area contributed by atoms with Gasteiger partial charge in [-0.05, 0) is 56.4 Å². The van der Waals surface area contributed by atoms with Gasteiger partial charge in [-0.15, -0.1) is 5.10 Å². The Bertz CT molecular complexity index is 877. The molecule has 1 atom stereocenters. The highest BCUT2D eigenvalue weighted by atomic mass is 79.9. The van der Waals surface area contributed by atoms with Gasteiger partial charge in [0.25, 0.3) is 5.91 Å². The van der Waals surface area contributed by atoms with Gasteiger partial charge in [-0.1, -0.05) is 35.0 Å². The topological polar surface area (TPSA) is 98.1 Å². The molecule has 9 heteroatoms. The fourth-order valence-electron chi connectivity index (χ4n) is 3.35. The van der Waals surface area contributed by atoms with Gasteiger partial charge in [0, 0.05) is 23.0 Å². The van der Waals surface area contributed by atoms with E-state index >= 15 is 0 Å². The third-order valence-electron chi connectivity index (χ3n) is 4.82. The van der Waals surface area contributed by atoms with Gasteiger partial charge in [-0.2, -0.15) is 0 Å². The number of halogens is 1. The Labute approximate surface area is 184 Å². The molecule has 0 aliphatic heterocycles. The number of hydrogen-bond donors (Lipinski definition) is 2. The predicted octanol–water partition coefficient (Wildman–Crippen LogP) is 3.80. The lowest BCUT2D eigenvalue weighted by atomic mass is 10.0. The summed E-state index contributed by atoms with van der Waals surface area (Å²) in [5.41, 5.74) is 2.06. The minimum atomic E-state index is -0.475. The summed E-state index contributed by atoms with van der Waals surface area (Å²) in [6.45, 7) is 6.49. The minimum absolute atomic E-state index is 0.223. The highest BCUT2D eigenvalue weighted by molar-refractivity contribution is 9.10. The molecule has 1 fully saturated rings. The van der Waals surface area contributed by atoms with Crippen LogP contribution in [0.3, 0.4) is 0 Å². The van der Waals surface area contributed by atoms with Crippen molar-refractivity contribution in [3.8, 4) is 5.69 Å². The second-order valence-electron chi connectivity index (χ2n) is 7.89. The van der Waals surface area contributed by atoms with E-state index < -0.39 is 6.09 Å². The zero-order valence-electron chi connectivity index (χ0n) is 17.5. The summed E-state index contributed by atoms with van der Waals surface area (Å²) in [6.07, 6.45) is 2.28. The van der Waals surface area contributed by atoms with E-state index in [1.54, 1.807) is 11.6 Å². The SMILES string of the molecule is CCOC(=O)NC(CNC(=O)c1nnn(-c2ccc(Br)cc2)c1C1CC1)CC(C)C. The van der Waals surface area contributed by atoms with Crippen molar-refractivity contribution >= 4 is 27.9 Å². The standard InChI is InChI=1S/C21H28BrN5O3/c1-4-30-21(29)24-16(11-13(2)3)12-23-20(28)18-19(14-5-6-14)27(26-25-18)17-9-7-15(22)8-10-17/h7-10,13-14,16H,4-6,11-12H2,1-3H3,(H,23,28)(H,24,29). The zero-order chi connectivity index (χ0) is 21.7. The maximum Gasteiger partial charge on any atom is 0.407 e. The van der Waals surface area contributed by atoms with Crippen molar-refractivity contribution in [2.24, 2.45) is 5.92 Å². The van der Waals surface area contributed by atoms with Crippen LogP contribution in [0.25, 0.3) is 5.69 Å². The van der Waals surface area contributed by atoms with Crippen LogP contribution in [0.1, 0.15) is 62.1 Å². The lowest BCUT2D eigenvalue weighted by Gasteiger charge is -2.20. The molecule has 162 valence electrons. The Kier molecular flexibility index (Phi) is 7.47. The number of nitrogens with zero attached hydrogens (tertiary/aromatic N) is 3. The number of rotatable bonds is 9. The van der Waals surface area contributed by atoms with E-state index in [-0.39, 0.29) is 17.9 Å². The summed E-state index contributed by atoms with van der Waals surface area (Å²) < 4.78 is 7.70. The van der Waals surface area contributed by atoms with Gasteiger partial charge in [0.15, 0.2) is 5.69 Å². The largest absolute Gasteiger partial charge is 0.450 e. The molecular formula is C21H28BrN5O3. The Morgan fingerprint density at radius 1 is 1.27 bits per heavy atom. The van der Waals surface area contributed by atoms with Crippen LogP contribution < -0.4 is 10.6 Å². The predicted molar refractivity (Wildman–Crippen MR) is 117 cm³/mol. The number of carbonyl (C=O) groups excluding carboxylic acids is 2. The van der Waals surface area contributed by atoms with Crippen LogP contribution in [0, 0.1) is 5.92 Å². The Morgan fingerprint density at radius 2 is 1.97 bits per heavy atom. The number of amides is 2.